The van der Waals surface area contributed by atoms with E-state index in [-0.39, 0.29) is 11.3 Å². The van der Waals surface area contributed by atoms with Gasteiger partial charge in [0.05, 0.1) is 11.9 Å². The Morgan fingerprint density at radius 1 is 1.03 bits per heavy atom. The molecular formula is C25H23N3O3S. The second kappa shape index (κ2) is 9.06. The summed E-state index contributed by atoms with van der Waals surface area (Å²) in [6.07, 6.45) is 4.71. The smallest absolute Gasteiger partial charge is 0.251 e. The summed E-state index contributed by atoms with van der Waals surface area (Å²) in [5.41, 5.74) is 3.36. The molecule has 3 heterocycles. The second-order valence-corrected chi connectivity index (χ2v) is 8.78. The molecule has 5 rings (SSSR count). The van der Waals surface area contributed by atoms with E-state index in [1.54, 1.807) is 29.7 Å². The summed E-state index contributed by atoms with van der Waals surface area (Å²) in [7, 11) is 0. The van der Waals surface area contributed by atoms with E-state index in [2.05, 4.69) is 27.8 Å². The number of nitrogens with zero attached hydrogens (tertiary/aromatic N) is 2. The molecule has 1 aliphatic rings. The summed E-state index contributed by atoms with van der Waals surface area (Å²) >= 11 is 1.66. The molecule has 0 bridgehead atoms. The highest BCUT2D eigenvalue weighted by Gasteiger charge is 2.37. The van der Waals surface area contributed by atoms with Gasteiger partial charge in [0.2, 0.25) is 0 Å². The number of oxazole rings is 1. The summed E-state index contributed by atoms with van der Waals surface area (Å²) in [5.74, 6) is 0.580. The number of carbonyl (C=O) groups is 1. The first-order valence-electron chi connectivity index (χ1n) is 10.6. The quantitative estimate of drug-likeness (QED) is 0.455. The van der Waals surface area contributed by atoms with E-state index in [9.17, 15) is 4.79 Å². The van der Waals surface area contributed by atoms with E-state index in [1.807, 2.05) is 30.3 Å². The van der Waals surface area contributed by atoms with Crippen LogP contribution in [0, 0.1) is 0 Å². The summed E-state index contributed by atoms with van der Waals surface area (Å²) < 4.78 is 10.9. The Kier molecular flexibility index (Phi) is 5.83. The van der Waals surface area contributed by atoms with Crippen LogP contribution in [-0.4, -0.2) is 35.6 Å². The number of nitrogens with one attached hydrogen (secondary N) is 1. The number of aromatic nitrogens is 2. The lowest BCUT2D eigenvalue weighted by atomic mass is 9.80. The highest BCUT2D eigenvalue weighted by Crippen LogP contribution is 2.38. The van der Waals surface area contributed by atoms with Gasteiger partial charge >= 0.3 is 0 Å². The van der Waals surface area contributed by atoms with Crippen LogP contribution in [0.25, 0.3) is 22.6 Å². The van der Waals surface area contributed by atoms with Crippen LogP contribution in [0.15, 0.2) is 77.0 Å². The molecule has 2 aromatic heterocycles. The van der Waals surface area contributed by atoms with Gasteiger partial charge in [-0.25, -0.2) is 9.97 Å². The highest BCUT2D eigenvalue weighted by atomic mass is 32.1. The van der Waals surface area contributed by atoms with Crippen LogP contribution in [0.3, 0.4) is 0 Å². The standard InChI is InChI=1S/C25H23N3O3S/c29-23(20-8-6-19(7-9-20)22-14-26-17-31-22)27-16-25(10-12-30-13-11-25)24-28-21(15-32-24)18-4-2-1-3-5-18/h1-9,14-15,17H,10-13,16H2,(H,27,29). The van der Waals surface area contributed by atoms with Crippen molar-refractivity contribution in [1.82, 2.24) is 15.3 Å². The minimum atomic E-state index is -0.217. The molecule has 7 heteroatoms. The number of benzene rings is 2. The molecule has 0 spiro atoms. The Hall–Kier alpha value is -3.29. The number of amides is 1. The topological polar surface area (TPSA) is 77.2 Å². The average molecular weight is 446 g/mol. The summed E-state index contributed by atoms with van der Waals surface area (Å²) in [6, 6.07) is 17.5. The molecule has 1 aliphatic heterocycles. The lowest BCUT2D eigenvalue weighted by molar-refractivity contribution is 0.0486. The largest absolute Gasteiger partial charge is 0.444 e. The first-order chi connectivity index (χ1) is 15.7. The molecule has 1 amide bonds. The molecule has 1 saturated heterocycles. The van der Waals surface area contributed by atoms with Crippen LogP contribution in [0.5, 0.6) is 0 Å². The minimum Gasteiger partial charge on any atom is -0.444 e. The van der Waals surface area contributed by atoms with Gasteiger partial charge in [-0.05, 0) is 25.0 Å². The van der Waals surface area contributed by atoms with Crippen LogP contribution < -0.4 is 5.32 Å². The molecule has 1 fully saturated rings. The average Bonchev–Trinajstić information content (AvgIpc) is 3.57. The SMILES string of the molecule is O=C(NCC1(c2nc(-c3ccccc3)cs2)CCOCC1)c1ccc(-c2cnco2)cc1. The number of rotatable bonds is 6. The molecule has 0 atom stereocenters. The van der Waals surface area contributed by atoms with Crippen molar-refractivity contribution in [2.75, 3.05) is 19.8 Å². The molecule has 2 aromatic carbocycles. The van der Waals surface area contributed by atoms with Gasteiger partial charge < -0.3 is 14.5 Å². The number of carbonyl (C=O) groups excluding carboxylic acids is 1. The molecule has 4 aromatic rings. The van der Waals surface area contributed by atoms with E-state index in [4.69, 9.17) is 14.1 Å². The minimum absolute atomic E-state index is 0.0974. The maximum absolute atomic E-state index is 12.9. The van der Waals surface area contributed by atoms with Gasteiger partial charge in [-0.3, -0.25) is 4.79 Å². The fraction of sp³-hybridized carbons (Fsp3) is 0.240. The maximum atomic E-state index is 12.9. The molecule has 0 radical (unpaired) electrons. The van der Waals surface area contributed by atoms with Gasteiger partial charge in [0.25, 0.3) is 5.91 Å². The zero-order valence-corrected chi connectivity index (χ0v) is 18.3. The monoisotopic (exact) mass is 445 g/mol. The molecule has 32 heavy (non-hydrogen) atoms. The Morgan fingerprint density at radius 2 is 1.81 bits per heavy atom. The van der Waals surface area contributed by atoms with Crippen molar-refractivity contribution in [2.45, 2.75) is 18.3 Å². The number of ether oxygens (including phenoxy) is 1. The van der Waals surface area contributed by atoms with Gasteiger partial charge in [0, 0.05) is 47.2 Å². The second-order valence-electron chi connectivity index (χ2n) is 7.92. The molecule has 0 unspecified atom stereocenters. The van der Waals surface area contributed by atoms with Crippen molar-refractivity contribution >= 4 is 17.2 Å². The Balaban J connectivity index is 1.32. The fourth-order valence-electron chi connectivity index (χ4n) is 3.98. The predicted molar refractivity (Wildman–Crippen MR) is 124 cm³/mol. The molecule has 6 nitrogen and oxygen atoms in total. The Bertz CT molecular complexity index is 1160. The predicted octanol–water partition coefficient (Wildman–Crippen LogP) is 4.94. The third-order valence-electron chi connectivity index (χ3n) is 5.93. The number of hydrogen-bond acceptors (Lipinski definition) is 6. The Labute approximate surface area is 190 Å². The van der Waals surface area contributed by atoms with Gasteiger partial charge in [0.1, 0.15) is 5.01 Å². The number of thiazole rings is 1. The van der Waals surface area contributed by atoms with Crippen molar-refractivity contribution in [3.8, 4) is 22.6 Å². The molecule has 1 N–H and O–H groups in total. The lowest BCUT2D eigenvalue weighted by Crippen LogP contribution is -2.44. The van der Waals surface area contributed by atoms with E-state index in [0.29, 0.717) is 31.1 Å². The van der Waals surface area contributed by atoms with Crippen LogP contribution in [0.1, 0.15) is 28.2 Å². The first kappa shape index (κ1) is 20.6. The number of hydrogen-bond donors (Lipinski definition) is 1. The maximum Gasteiger partial charge on any atom is 0.251 e. The third-order valence-corrected chi connectivity index (χ3v) is 7.02. The van der Waals surface area contributed by atoms with Crippen molar-refractivity contribution in [3.05, 3.63) is 83.1 Å². The fourth-order valence-corrected chi connectivity index (χ4v) is 5.07. The Morgan fingerprint density at radius 3 is 2.53 bits per heavy atom. The van der Waals surface area contributed by atoms with Crippen molar-refractivity contribution < 1.29 is 13.9 Å². The molecule has 162 valence electrons. The third kappa shape index (κ3) is 4.22. The van der Waals surface area contributed by atoms with E-state index in [1.165, 1.54) is 6.39 Å². The van der Waals surface area contributed by atoms with E-state index in [0.717, 1.165) is 34.7 Å². The molecular weight excluding hydrogens is 422 g/mol. The zero-order chi connectivity index (χ0) is 21.8. The summed E-state index contributed by atoms with van der Waals surface area (Å²) in [6.45, 7) is 1.87. The van der Waals surface area contributed by atoms with Crippen molar-refractivity contribution in [1.29, 1.82) is 0 Å². The van der Waals surface area contributed by atoms with Crippen LogP contribution >= 0.6 is 11.3 Å². The molecule has 0 saturated carbocycles. The van der Waals surface area contributed by atoms with Crippen molar-refractivity contribution in [2.24, 2.45) is 0 Å². The van der Waals surface area contributed by atoms with Crippen molar-refractivity contribution in [3.63, 3.8) is 0 Å². The highest BCUT2D eigenvalue weighted by molar-refractivity contribution is 7.10. The van der Waals surface area contributed by atoms with E-state index < -0.39 is 0 Å². The first-order valence-corrected chi connectivity index (χ1v) is 11.5. The van der Waals surface area contributed by atoms with Gasteiger partial charge in [-0.2, -0.15) is 0 Å². The van der Waals surface area contributed by atoms with Crippen LogP contribution in [0.2, 0.25) is 0 Å². The van der Waals surface area contributed by atoms with Gasteiger partial charge in [-0.15, -0.1) is 11.3 Å². The van der Waals surface area contributed by atoms with E-state index >= 15 is 0 Å². The summed E-state index contributed by atoms with van der Waals surface area (Å²) in [5, 5.41) is 6.31. The van der Waals surface area contributed by atoms with Crippen LogP contribution in [0.4, 0.5) is 0 Å². The normalized spacial score (nSPS) is 15.4. The molecule has 0 aliphatic carbocycles. The van der Waals surface area contributed by atoms with Gasteiger partial charge in [-0.1, -0.05) is 42.5 Å². The lowest BCUT2D eigenvalue weighted by Gasteiger charge is -2.35. The summed E-state index contributed by atoms with van der Waals surface area (Å²) in [4.78, 5) is 21.8. The van der Waals surface area contributed by atoms with Gasteiger partial charge in [0.15, 0.2) is 12.2 Å². The van der Waals surface area contributed by atoms with Crippen LogP contribution in [-0.2, 0) is 10.2 Å². The zero-order valence-electron chi connectivity index (χ0n) is 17.5.